The van der Waals surface area contributed by atoms with E-state index in [1.54, 1.807) is 24.3 Å². The first-order chi connectivity index (χ1) is 14.3. The number of rotatable bonds is 5. The Balaban J connectivity index is 1.84. The number of nitro groups is 2. The number of aromatic nitrogens is 2. The minimum atomic E-state index is -0.434. The van der Waals surface area contributed by atoms with Crippen molar-refractivity contribution in [1.82, 2.24) is 9.55 Å². The molecule has 0 aliphatic rings. The van der Waals surface area contributed by atoms with E-state index in [0.29, 0.717) is 12.4 Å². The van der Waals surface area contributed by atoms with Crippen molar-refractivity contribution in [3.63, 3.8) is 0 Å². The molecule has 0 atom stereocenters. The zero-order valence-electron chi connectivity index (χ0n) is 16.4. The number of hydrogen-bond donors (Lipinski definition) is 0. The van der Waals surface area contributed by atoms with Crippen molar-refractivity contribution in [3.05, 3.63) is 97.6 Å². The van der Waals surface area contributed by atoms with Crippen molar-refractivity contribution >= 4 is 22.4 Å². The Hall–Kier alpha value is -4.07. The second-order valence-corrected chi connectivity index (χ2v) is 7.17. The summed E-state index contributed by atoms with van der Waals surface area (Å²) < 4.78 is 2.03. The SMILES string of the molecule is Cc1cc2nc(-c3ccc([N+](=O)[O-])cc3)n(Cc3ccc([N+](=O)[O-])cc3)c2cc1C. The van der Waals surface area contributed by atoms with Gasteiger partial charge in [-0.3, -0.25) is 20.2 Å². The zero-order valence-corrected chi connectivity index (χ0v) is 16.4. The number of aryl methyl sites for hydroxylation is 2. The molecule has 1 heterocycles. The maximum Gasteiger partial charge on any atom is 0.269 e. The highest BCUT2D eigenvalue weighted by Crippen LogP contribution is 2.29. The summed E-state index contributed by atoms with van der Waals surface area (Å²) in [5.74, 6) is 0.684. The summed E-state index contributed by atoms with van der Waals surface area (Å²) >= 11 is 0. The Bertz CT molecular complexity index is 1280. The molecule has 0 N–H and O–H groups in total. The van der Waals surface area contributed by atoms with Gasteiger partial charge in [-0.15, -0.1) is 0 Å². The van der Waals surface area contributed by atoms with Gasteiger partial charge in [0, 0.05) is 36.4 Å². The summed E-state index contributed by atoms with van der Waals surface area (Å²) in [6.07, 6.45) is 0. The number of imidazole rings is 1. The van der Waals surface area contributed by atoms with Gasteiger partial charge in [0.05, 0.1) is 20.9 Å². The Morgan fingerprint density at radius 3 is 1.93 bits per heavy atom. The number of non-ortho nitro benzene ring substituents is 2. The highest BCUT2D eigenvalue weighted by Gasteiger charge is 2.16. The van der Waals surface area contributed by atoms with Gasteiger partial charge in [-0.05, 0) is 54.8 Å². The number of fused-ring (bicyclic) bond motifs is 1. The zero-order chi connectivity index (χ0) is 21.4. The summed E-state index contributed by atoms with van der Waals surface area (Å²) in [6, 6.07) is 16.8. The van der Waals surface area contributed by atoms with Gasteiger partial charge in [0.25, 0.3) is 11.4 Å². The number of benzene rings is 3. The molecule has 4 aromatic rings. The molecule has 0 amide bonds. The standard InChI is InChI=1S/C22H18N4O4/c1-14-11-20-21(12-15(14)2)24(13-16-3-7-18(8-4-16)25(27)28)22(23-20)17-5-9-19(10-6-17)26(29)30/h3-12H,13H2,1-2H3. The molecule has 8 nitrogen and oxygen atoms in total. The second-order valence-electron chi connectivity index (χ2n) is 7.17. The van der Waals surface area contributed by atoms with Gasteiger partial charge in [-0.25, -0.2) is 4.98 Å². The average molecular weight is 402 g/mol. The van der Waals surface area contributed by atoms with Gasteiger partial charge in [-0.1, -0.05) is 12.1 Å². The Labute approximate surface area is 171 Å². The van der Waals surface area contributed by atoms with Crippen molar-refractivity contribution in [2.45, 2.75) is 20.4 Å². The molecular weight excluding hydrogens is 384 g/mol. The smallest absolute Gasteiger partial charge is 0.269 e. The third-order valence-electron chi connectivity index (χ3n) is 5.19. The van der Waals surface area contributed by atoms with Gasteiger partial charge in [0.15, 0.2) is 0 Å². The van der Waals surface area contributed by atoms with Crippen LogP contribution in [0.15, 0.2) is 60.7 Å². The van der Waals surface area contributed by atoms with E-state index in [2.05, 4.69) is 6.07 Å². The Morgan fingerprint density at radius 1 is 0.833 bits per heavy atom. The molecule has 150 valence electrons. The van der Waals surface area contributed by atoms with Crippen LogP contribution in [-0.2, 0) is 6.54 Å². The summed E-state index contributed by atoms with van der Waals surface area (Å²) in [6.45, 7) is 4.52. The van der Waals surface area contributed by atoms with E-state index in [1.807, 2.05) is 24.5 Å². The minimum Gasteiger partial charge on any atom is -0.319 e. The summed E-state index contributed by atoms with van der Waals surface area (Å²) in [4.78, 5) is 25.8. The fourth-order valence-corrected chi connectivity index (χ4v) is 3.40. The van der Waals surface area contributed by atoms with Crippen LogP contribution in [0.25, 0.3) is 22.4 Å². The fourth-order valence-electron chi connectivity index (χ4n) is 3.40. The predicted octanol–water partition coefficient (Wildman–Crippen LogP) is 5.18. The number of hydrogen-bond acceptors (Lipinski definition) is 5. The van der Waals surface area contributed by atoms with Gasteiger partial charge in [0.2, 0.25) is 0 Å². The average Bonchev–Trinajstić information content (AvgIpc) is 3.06. The topological polar surface area (TPSA) is 104 Å². The fraction of sp³-hybridized carbons (Fsp3) is 0.136. The molecule has 0 saturated heterocycles. The normalized spacial score (nSPS) is 11.0. The van der Waals surface area contributed by atoms with Gasteiger partial charge in [0.1, 0.15) is 5.82 Å². The Morgan fingerprint density at radius 2 is 1.37 bits per heavy atom. The number of nitrogens with zero attached hydrogens (tertiary/aromatic N) is 4. The van der Waals surface area contributed by atoms with Crippen LogP contribution in [0.1, 0.15) is 16.7 Å². The van der Waals surface area contributed by atoms with Crippen molar-refractivity contribution in [2.75, 3.05) is 0 Å². The van der Waals surface area contributed by atoms with Crippen LogP contribution in [0.2, 0.25) is 0 Å². The first-order valence-corrected chi connectivity index (χ1v) is 9.29. The molecule has 0 aliphatic heterocycles. The van der Waals surface area contributed by atoms with Crippen LogP contribution in [-0.4, -0.2) is 19.4 Å². The van der Waals surface area contributed by atoms with Crippen LogP contribution in [0.4, 0.5) is 11.4 Å². The molecular formula is C22H18N4O4. The monoisotopic (exact) mass is 402 g/mol. The van der Waals surface area contributed by atoms with Gasteiger partial charge in [-0.2, -0.15) is 0 Å². The third-order valence-corrected chi connectivity index (χ3v) is 5.19. The second kappa shape index (κ2) is 7.40. The van der Waals surface area contributed by atoms with Gasteiger partial charge >= 0.3 is 0 Å². The van der Waals surface area contributed by atoms with E-state index in [0.717, 1.165) is 33.3 Å². The summed E-state index contributed by atoms with van der Waals surface area (Å²) in [5.41, 5.74) is 5.72. The van der Waals surface area contributed by atoms with Crippen molar-refractivity contribution in [2.24, 2.45) is 0 Å². The maximum absolute atomic E-state index is 11.0. The van der Waals surface area contributed by atoms with Crippen LogP contribution in [0.3, 0.4) is 0 Å². The third kappa shape index (κ3) is 3.50. The highest BCUT2D eigenvalue weighted by atomic mass is 16.6. The lowest BCUT2D eigenvalue weighted by Gasteiger charge is -2.10. The largest absolute Gasteiger partial charge is 0.319 e. The first-order valence-electron chi connectivity index (χ1n) is 9.29. The molecule has 4 rings (SSSR count). The van der Waals surface area contributed by atoms with Crippen molar-refractivity contribution in [1.29, 1.82) is 0 Å². The minimum absolute atomic E-state index is 0.0171. The molecule has 3 aromatic carbocycles. The van der Waals surface area contributed by atoms with Crippen LogP contribution in [0.5, 0.6) is 0 Å². The van der Waals surface area contributed by atoms with Crippen LogP contribution < -0.4 is 0 Å². The highest BCUT2D eigenvalue weighted by molar-refractivity contribution is 5.82. The molecule has 0 radical (unpaired) electrons. The van der Waals surface area contributed by atoms with E-state index >= 15 is 0 Å². The summed E-state index contributed by atoms with van der Waals surface area (Å²) in [7, 11) is 0. The molecule has 0 saturated carbocycles. The first kappa shape index (κ1) is 19.3. The van der Waals surface area contributed by atoms with E-state index in [9.17, 15) is 20.2 Å². The van der Waals surface area contributed by atoms with Crippen LogP contribution >= 0.6 is 0 Å². The maximum atomic E-state index is 11.0. The van der Waals surface area contributed by atoms with Gasteiger partial charge < -0.3 is 4.57 Å². The van der Waals surface area contributed by atoms with Crippen LogP contribution in [0, 0.1) is 34.1 Å². The molecule has 8 heteroatoms. The molecule has 0 bridgehead atoms. The quantitative estimate of drug-likeness (QED) is 0.338. The predicted molar refractivity (Wildman–Crippen MR) is 113 cm³/mol. The molecule has 0 unspecified atom stereocenters. The molecule has 0 aliphatic carbocycles. The van der Waals surface area contributed by atoms with Crippen molar-refractivity contribution in [3.8, 4) is 11.4 Å². The molecule has 1 aromatic heterocycles. The van der Waals surface area contributed by atoms with E-state index in [4.69, 9.17) is 4.98 Å². The van der Waals surface area contributed by atoms with E-state index in [-0.39, 0.29) is 11.4 Å². The summed E-state index contributed by atoms with van der Waals surface area (Å²) in [5, 5.41) is 21.9. The lowest BCUT2D eigenvalue weighted by atomic mass is 10.1. The molecule has 0 spiro atoms. The van der Waals surface area contributed by atoms with Crippen molar-refractivity contribution < 1.29 is 9.85 Å². The lowest BCUT2D eigenvalue weighted by Crippen LogP contribution is -2.03. The Kier molecular flexibility index (Phi) is 4.75. The number of nitro benzene ring substituents is 2. The molecule has 0 fully saturated rings. The lowest BCUT2D eigenvalue weighted by molar-refractivity contribution is -0.385. The molecule has 30 heavy (non-hydrogen) atoms. The van der Waals surface area contributed by atoms with E-state index < -0.39 is 9.85 Å². The van der Waals surface area contributed by atoms with E-state index in [1.165, 1.54) is 24.3 Å².